The summed E-state index contributed by atoms with van der Waals surface area (Å²) in [5.74, 6) is 1.72. The lowest BCUT2D eigenvalue weighted by atomic mass is 10.1. The zero-order valence-electron chi connectivity index (χ0n) is 14.5. The van der Waals surface area contributed by atoms with Crippen LogP contribution in [0, 0.1) is 6.92 Å². The third-order valence-corrected chi connectivity index (χ3v) is 3.75. The number of methoxy groups -OCH3 is 1. The third kappa shape index (κ3) is 5.61. The van der Waals surface area contributed by atoms with Crippen molar-refractivity contribution in [1.82, 2.24) is 5.32 Å². The Morgan fingerprint density at radius 2 is 1.92 bits per heavy atom. The summed E-state index contributed by atoms with van der Waals surface area (Å²) in [6.07, 6.45) is 1.17. The Bertz CT molecular complexity index is 655. The molecule has 1 amide bonds. The maximum absolute atomic E-state index is 12.1. The lowest BCUT2D eigenvalue weighted by molar-refractivity contribution is -0.121. The van der Waals surface area contributed by atoms with Crippen LogP contribution in [0.5, 0.6) is 11.5 Å². The Kier molecular flexibility index (Phi) is 6.67. The van der Waals surface area contributed by atoms with E-state index in [0.29, 0.717) is 19.4 Å². The monoisotopic (exact) mass is 327 g/mol. The van der Waals surface area contributed by atoms with E-state index >= 15 is 0 Å². The molecule has 0 saturated carbocycles. The first-order chi connectivity index (χ1) is 11.6. The number of hydrogen-bond acceptors (Lipinski definition) is 3. The van der Waals surface area contributed by atoms with Crippen molar-refractivity contribution >= 4 is 5.91 Å². The smallest absolute Gasteiger partial charge is 0.220 e. The van der Waals surface area contributed by atoms with Crippen LogP contribution in [0.2, 0.25) is 0 Å². The van der Waals surface area contributed by atoms with Gasteiger partial charge in [0.1, 0.15) is 18.1 Å². The fraction of sp³-hybridized carbons (Fsp3) is 0.350. The second kappa shape index (κ2) is 8.96. The number of carbonyl (C=O) groups excluding carboxylic acids is 1. The second-order valence-corrected chi connectivity index (χ2v) is 5.90. The molecule has 0 bridgehead atoms. The van der Waals surface area contributed by atoms with Crippen LogP contribution in [0.3, 0.4) is 0 Å². The molecule has 4 nitrogen and oxygen atoms in total. The Labute approximate surface area is 143 Å². The Balaban J connectivity index is 1.73. The van der Waals surface area contributed by atoms with E-state index in [1.165, 1.54) is 0 Å². The zero-order chi connectivity index (χ0) is 17.4. The molecule has 2 aromatic rings. The van der Waals surface area contributed by atoms with Crippen molar-refractivity contribution in [3.05, 3.63) is 59.7 Å². The summed E-state index contributed by atoms with van der Waals surface area (Å²) >= 11 is 0. The van der Waals surface area contributed by atoms with Gasteiger partial charge in [-0.15, -0.1) is 0 Å². The lowest BCUT2D eigenvalue weighted by Gasteiger charge is -2.15. The van der Waals surface area contributed by atoms with E-state index in [-0.39, 0.29) is 11.9 Å². The molecule has 0 aliphatic heterocycles. The van der Waals surface area contributed by atoms with Crippen LogP contribution in [0.1, 0.15) is 24.5 Å². The SMILES string of the molecule is COc1ccc(CCC(=O)N[C@@H](C)COc2ccccc2)cc1C. The summed E-state index contributed by atoms with van der Waals surface area (Å²) in [6.45, 7) is 4.40. The van der Waals surface area contributed by atoms with Crippen LogP contribution in [-0.2, 0) is 11.2 Å². The topological polar surface area (TPSA) is 47.6 Å². The van der Waals surface area contributed by atoms with Gasteiger partial charge in [0.2, 0.25) is 5.91 Å². The minimum absolute atomic E-state index is 0.0321. The molecule has 4 heteroatoms. The quantitative estimate of drug-likeness (QED) is 0.807. The maximum atomic E-state index is 12.1. The van der Waals surface area contributed by atoms with Gasteiger partial charge in [0.25, 0.3) is 0 Å². The van der Waals surface area contributed by atoms with Gasteiger partial charge >= 0.3 is 0 Å². The van der Waals surface area contributed by atoms with Crippen LogP contribution in [0.4, 0.5) is 0 Å². The summed E-state index contributed by atoms with van der Waals surface area (Å²) in [6, 6.07) is 15.6. The highest BCUT2D eigenvalue weighted by Crippen LogP contribution is 2.19. The second-order valence-electron chi connectivity index (χ2n) is 5.90. The van der Waals surface area contributed by atoms with Gasteiger partial charge < -0.3 is 14.8 Å². The van der Waals surface area contributed by atoms with Crippen LogP contribution in [-0.4, -0.2) is 25.7 Å². The summed E-state index contributed by atoms with van der Waals surface area (Å²) in [5.41, 5.74) is 2.22. The van der Waals surface area contributed by atoms with Crippen molar-refractivity contribution in [2.75, 3.05) is 13.7 Å². The molecular formula is C20H25NO3. The lowest BCUT2D eigenvalue weighted by Crippen LogP contribution is -2.36. The van der Waals surface area contributed by atoms with Gasteiger partial charge in [0.05, 0.1) is 13.2 Å². The van der Waals surface area contributed by atoms with Crippen LogP contribution >= 0.6 is 0 Å². The minimum atomic E-state index is -0.0321. The molecule has 0 aliphatic rings. The third-order valence-electron chi connectivity index (χ3n) is 3.75. The molecule has 0 aromatic heterocycles. The van der Waals surface area contributed by atoms with E-state index in [4.69, 9.17) is 9.47 Å². The zero-order valence-corrected chi connectivity index (χ0v) is 14.5. The average molecular weight is 327 g/mol. The fourth-order valence-corrected chi connectivity index (χ4v) is 2.48. The molecule has 24 heavy (non-hydrogen) atoms. The highest BCUT2D eigenvalue weighted by Gasteiger charge is 2.09. The number of amides is 1. The number of rotatable bonds is 8. The minimum Gasteiger partial charge on any atom is -0.496 e. The molecule has 2 aromatic carbocycles. The summed E-state index contributed by atoms with van der Waals surface area (Å²) < 4.78 is 10.9. The number of hydrogen-bond donors (Lipinski definition) is 1. The number of aryl methyl sites for hydroxylation is 2. The highest BCUT2D eigenvalue weighted by molar-refractivity contribution is 5.76. The van der Waals surface area contributed by atoms with Crippen molar-refractivity contribution in [1.29, 1.82) is 0 Å². The van der Waals surface area contributed by atoms with E-state index in [1.54, 1.807) is 7.11 Å². The summed E-state index contributed by atoms with van der Waals surface area (Å²) in [4.78, 5) is 12.1. The van der Waals surface area contributed by atoms with Gasteiger partial charge in [-0.05, 0) is 49.6 Å². The number of carbonyl (C=O) groups is 1. The molecule has 0 heterocycles. The van der Waals surface area contributed by atoms with Crippen molar-refractivity contribution in [3.8, 4) is 11.5 Å². The summed E-state index contributed by atoms with van der Waals surface area (Å²) in [7, 11) is 1.66. The van der Waals surface area contributed by atoms with Crippen molar-refractivity contribution in [2.45, 2.75) is 32.7 Å². The van der Waals surface area contributed by atoms with E-state index in [9.17, 15) is 4.79 Å². The molecule has 1 N–H and O–H groups in total. The number of ether oxygens (including phenoxy) is 2. The molecule has 0 radical (unpaired) electrons. The number of para-hydroxylation sites is 1. The van der Waals surface area contributed by atoms with Gasteiger partial charge in [0.15, 0.2) is 0 Å². The first kappa shape index (κ1) is 17.9. The van der Waals surface area contributed by atoms with E-state index in [2.05, 4.69) is 11.4 Å². The van der Waals surface area contributed by atoms with Gasteiger partial charge in [-0.2, -0.15) is 0 Å². The molecule has 1 atom stereocenters. The van der Waals surface area contributed by atoms with Crippen LogP contribution in [0.25, 0.3) is 0 Å². The van der Waals surface area contributed by atoms with Crippen molar-refractivity contribution in [3.63, 3.8) is 0 Å². The molecule has 0 fully saturated rings. The molecule has 0 aliphatic carbocycles. The molecule has 0 unspecified atom stereocenters. The average Bonchev–Trinajstić information content (AvgIpc) is 2.59. The van der Waals surface area contributed by atoms with E-state index in [0.717, 1.165) is 22.6 Å². The Morgan fingerprint density at radius 3 is 2.58 bits per heavy atom. The van der Waals surface area contributed by atoms with Gasteiger partial charge in [-0.25, -0.2) is 0 Å². The fourth-order valence-electron chi connectivity index (χ4n) is 2.48. The van der Waals surface area contributed by atoms with E-state index < -0.39 is 0 Å². The number of benzene rings is 2. The van der Waals surface area contributed by atoms with Crippen molar-refractivity contribution in [2.24, 2.45) is 0 Å². The van der Waals surface area contributed by atoms with Crippen molar-refractivity contribution < 1.29 is 14.3 Å². The molecule has 2 rings (SSSR count). The molecular weight excluding hydrogens is 302 g/mol. The predicted octanol–water partition coefficient (Wildman–Crippen LogP) is 3.52. The van der Waals surface area contributed by atoms with Crippen LogP contribution < -0.4 is 14.8 Å². The number of nitrogens with one attached hydrogen (secondary N) is 1. The predicted molar refractivity (Wildman–Crippen MR) is 95.6 cm³/mol. The molecule has 0 spiro atoms. The normalized spacial score (nSPS) is 11.6. The first-order valence-corrected chi connectivity index (χ1v) is 8.19. The summed E-state index contributed by atoms with van der Waals surface area (Å²) in [5, 5.41) is 2.97. The van der Waals surface area contributed by atoms with Gasteiger partial charge in [-0.3, -0.25) is 4.79 Å². The largest absolute Gasteiger partial charge is 0.496 e. The molecule has 128 valence electrons. The Morgan fingerprint density at radius 1 is 1.17 bits per heavy atom. The maximum Gasteiger partial charge on any atom is 0.220 e. The van der Waals surface area contributed by atoms with Crippen LogP contribution in [0.15, 0.2) is 48.5 Å². The van der Waals surface area contributed by atoms with Gasteiger partial charge in [0, 0.05) is 6.42 Å². The standard InChI is InChI=1S/C20H25NO3/c1-15-13-17(9-11-19(15)23-3)10-12-20(22)21-16(2)14-24-18-7-5-4-6-8-18/h4-9,11,13,16H,10,12,14H2,1-3H3,(H,21,22)/t16-/m0/s1. The highest BCUT2D eigenvalue weighted by atomic mass is 16.5. The Hall–Kier alpha value is -2.49. The molecule has 0 saturated heterocycles. The first-order valence-electron chi connectivity index (χ1n) is 8.19. The van der Waals surface area contributed by atoms with E-state index in [1.807, 2.05) is 56.3 Å². The van der Waals surface area contributed by atoms with Gasteiger partial charge in [-0.1, -0.05) is 30.3 Å².